The molecule has 0 radical (unpaired) electrons. The molecular weight excluding hydrogens is 286 g/mol. The van der Waals surface area contributed by atoms with Crippen molar-refractivity contribution in [3.05, 3.63) is 64.2 Å². The summed E-state index contributed by atoms with van der Waals surface area (Å²) < 4.78 is 32.1. The van der Waals surface area contributed by atoms with E-state index in [0.29, 0.717) is 5.56 Å². The van der Waals surface area contributed by atoms with E-state index in [1.165, 1.54) is 37.4 Å². The monoisotopic (exact) mass is 298 g/mol. The van der Waals surface area contributed by atoms with Crippen LogP contribution in [-0.2, 0) is 6.42 Å². The summed E-state index contributed by atoms with van der Waals surface area (Å²) in [5.41, 5.74) is 0.629. The first-order valence-corrected chi connectivity index (χ1v) is 6.35. The van der Waals surface area contributed by atoms with Gasteiger partial charge >= 0.3 is 0 Å². The van der Waals surface area contributed by atoms with Crippen LogP contribution >= 0.6 is 11.6 Å². The third-order valence-corrected chi connectivity index (χ3v) is 3.30. The van der Waals surface area contributed by atoms with Gasteiger partial charge in [0.1, 0.15) is 5.82 Å². The normalized spacial score (nSPS) is 12.2. The number of rotatable bonds is 4. The zero-order valence-electron chi connectivity index (χ0n) is 10.7. The summed E-state index contributed by atoms with van der Waals surface area (Å²) in [5, 5.41) is 10.1. The fourth-order valence-corrected chi connectivity index (χ4v) is 2.12. The Kier molecular flexibility index (Phi) is 4.57. The first kappa shape index (κ1) is 14.8. The van der Waals surface area contributed by atoms with Gasteiger partial charge in [0.15, 0.2) is 11.6 Å². The van der Waals surface area contributed by atoms with Gasteiger partial charge in [-0.25, -0.2) is 8.78 Å². The van der Waals surface area contributed by atoms with Crippen LogP contribution in [0.3, 0.4) is 0 Å². The summed E-state index contributed by atoms with van der Waals surface area (Å²) >= 11 is 5.67. The van der Waals surface area contributed by atoms with Crippen molar-refractivity contribution in [2.24, 2.45) is 0 Å². The highest BCUT2D eigenvalue weighted by atomic mass is 35.5. The molecule has 20 heavy (non-hydrogen) atoms. The Balaban J connectivity index is 2.21. The molecule has 106 valence electrons. The number of benzene rings is 2. The lowest BCUT2D eigenvalue weighted by molar-refractivity contribution is 0.176. The Morgan fingerprint density at radius 2 is 2.00 bits per heavy atom. The molecule has 0 fully saturated rings. The van der Waals surface area contributed by atoms with Gasteiger partial charge in [-0.05, 0) is 29.3 Å². The first-order valence-electron chi connectivity index (χ1n) is 5.97. The molecule has 0 saturated carbocycles. The predicted molar refractivity (Wildman–Crippen MR) is 73.0 cm³/mol. The molecule has 1 N–H and O–H groups in total. The maximum absolute atomic E-state index is 13.7. The fourth-order valence-electron chi connectivity index (χ4n) is 1.92. The van der Waals surface area contributed by atoms with Gasteiger partial charge in [-0.2, -0.15) is 0 Å². The van der Waals surface area contributed by atoms with Crippen molar-refractivity contribution in [2.45, 2.75) is 12.5 Å². The topological polar surface area (TPSA) is 29.5 Å². The van der Waals surface area contributed by atoms with E-state index in [0.717, 1.165) is 0 Å². The second-order valence-corrected chi connectivity index (χ2v) is 4.73. The minimum absolute atomic E-state index is 0.00406. The van der Waals surface area contributed by atoms with Crippen LogP contribution in [0.2, 0.25) is 5.02 Å². The Labute approximate surface area is 120 Å². The number of methoxy groups -OCH3 is 1. The predicted octanol–water partition coefficient (Wildman–Crippen LogP) is 3.90. The van der Waals surface area contributed by atoms with Gasteiger partial charge in [-0.15, -0.1) is 0 Å². The van der Waals surface area contributed by atoms with E-state index in [9.17, 15) is 13.9 Å². The van der Waals surface area contributed by atoms with Crippen LogP contribution in [0.15, 0.2) is 36.4 Å². The zero-order valence-corrected chi connectivity index (χ0v) is 11.5. The van der Waals surface area contributed by atoms with Crippen LogP contribution in [0.4, 0.5) is 8.78 Å². The maximum Gasteiger partial charge on any atom is 0.165 e. The highest BCUT2D eigenvalue weighted by molar-refractivity contribution is 6.30. The molecule has 2 rings (SSSR count). The quantitative estimate of drug-likeness (QED) is 0.927. The Bertz CT molecular complexity index is 617. The molecule has 1 atom stereocenters. The van der Waals surface area contributed by atoms with Crippen LogP contribution in [0, 0.1) is 11.6 Å². The molecule has 5 heteroatoms. The van der Waals surface area contributed by atoms with Gasteiger partial charge in [0.2, 0.25) is 0 Å². The molecule has 2 aromatic rings. The lowest BCUT2D eigenvalue weighted by atomic mass is 10.0. The summed E-state index contributed by atoms with van der Waals surface area (Å²) in [5.74, 6) is -1.05. The maximum atomic E-state index is 13.7. The molecule has 0 aliphatic carbocycles. The van der Waals surface area contributed by atoms with Gasteiger partial charge in [0.05, 0.1) is 18.2 Å². The average Bonchev–Trinajstić information content (AvgIpc) is 2.43. The van der Waals surface area contributed by atoms with Crippen molar-refractivity contribution in [2.75, 3.05) is 7.11 Å². The molecule has 0 spiro atoms. The van der Waals surface area contributed by atoms with Crippen molar-refractivity contribution < 1.29 is 18.6 Å². The van der Waals surface area contributed by atoms with Crippen LogP contribution in [-0.4, -0.2) is 12.2 Å². The smallest absolute Gasteiger partial charge is 0.165 e. The van der Waals surface area contributed by atoms with Gasteiger partial charge in [-0.3, -0.25) is 0 Å². The van der Waals surface area contributed by atoms with Crippen LogP contribution in [0.1, 0.15) is 17.2 Å². The Morgan fingerprint density at radius 1 is 1.25 bits per heavy atom. The molecule has 0 saturated heterocycles. The second kappa shape index (κ2) is 6.20. The molecule has 0 bridgehead atoms. The Hall–Kier alpha value is -1.65. The summed E-state index contributed by atoms with van der Waals surface area (Å²) in [4.78, 5) is 0. The minimum Gasteiger partial charge on any atom is -0.494 e. The highest BCUT2D eigenvalue weighted by Crippen LogP contribution is 2.26. The number of aliphatic hydroxyl groups is 1. The van der Waals surface area contributed by atoms with Crippen LogP contribution in [0.5, 0.6) is 5.75 Å². The number of hydrogen-bond acceptors (Lipinski definition) is 2. The summed E-state index contributed by atoms with van der Waals surface area (Å²) in [6.45, 7) is 0. The fraction of sp³-hybridized carbons (Fsp3) is 0.200. The van der Waals surface area contributed by atoms with Gasteiger partial charge in [-0.1, -0.05) is 29.8 Å². The minimum atomic E-state index is -1.02. The second-order valence-electron chi connectivity index (χ2n) is 4.33. The molecule has 0 amide bonds. The molecule has 0 aromatic heterocycles. The van der Waals surface area contributed by atoms with Crippen LogP contribution < -0.4 is 4.74 Å². The number of aliphatic hydroxyl groups excluding tert-OH is 1. The van der Waals surface area contributed by atoms with E-state index in [4.69, 9.17) is 16.3 Å². The molecule has 0 aliphatic rings. The van der Waals surface area contributed by atoms with Gasteiger partial charge in [0, 0.05) is 6.42 Å². The SMILES string of the molecule is COc1ccc(C(O)Cc2cccc(Cl)c2F)cc1F. The van der Waals surface area contributed by atoms with E-state index in [1.54, 1.807) is 6.07 Å². The van der Waals surface area contributed by atoms with Crippen molar-refractivity contribution >= 4 is 11.6 Å². The van der Waals surface area contributed by atoms with E-state index in [2.05, 4.69) is 0 Å². The van der Waals surface area contributed by atoms with Crippen molar-refractivity contribution in [1.82, 2.24) is 0 Å². The third kappa shape index (κ3) is 3.08. The third-order valence-electron chi connectivity index (χ3n) is 3.01. The number of ether oxygens (including phenoxy) is 1. The van der Waals surface area contributed by atoms with Crippen LogP contribution in [0.25, 0.3) is 0 Å². The van der Waals surface area contributed by atoms with Gasteiger partial charge < -0.3 is 9.84 Å². The summed E-state index contributed by atoms with van der Waals surface area (Å²) in [7, 11) is 1.36. The molecule has 0 aliphatic heterocycles. The number of hydrogen-bond donors (Lipinski definition) is 1. The first-order chi connectivity index (χ1) is 9.52. The van der Waals surface area contributed by atoms with E-state index < -0.39 is 17.7 Å². The summed E-state index contributed by atoms with van der Waals surface area (Å²) in [6, 6.07) is 8.69. The van der Waals surface area contributed by atoms with Crippen molar-refractivity contribution in [3.8, 4) is 5.75 Å². The lowest BCUT2D eigenvalue weighted by Gasteiger charge is -2.13. The van der Waals surface area contributed by atoms with Crippen molar-refractivity contribution in [1.29, 1.82) is 0 Å². The van der Waals surface area contributed by atoms with Gasteiger partial charge in [0.25, 0.3) is 0 Å². The van der Waals surface area contributed by atoms with E-state index in [-0.39, 0.29) is 22.8 Å². The average molecular weight is 299 g/mol. The molecule has 2 nitrogen and oxygen atoms in total. The number of halogens is 3. The molecular formula is C15H13ClF2O2. The largest absolute Gasteiger partial charge is 0.494 e. The lowest BCUT2D eigenvalue weighted by Crippen LogP contribution is -2.04. The van der Waals surface area contributed by atoms with Crippen molar-refractivity contribution in [3.63, 3.8) is 0 Å². The zero-order chi connectivity index (χ0) is 14.7. The molecule has 0 heterocycles. The Morgan fingerprint density at radius 3 is 2.65 bits per heavy atom. The molecule has 1 unspecified atom stereocenters. The highest BCUT2D eigenvalue weighted by Gasteiger charge is 2.15. The van der Waals surface area contributed by atoms with E-state index >= 15 is 0 Å². The molecule has 2 aromatic carbocycles. The standard InChI is InChI=1S/C15H13ClF2O2/c1-20-14-6-5-9(7-12(14)17)13(19)8-10-3-2-4-11(16)15(10)18/h2-7,13,19H,8H2,1H3. The van der Waals surface area contributed by atoms with E-state index in [1.807, 2.05) is 0 Å². The summed E-state index contributed by atoms with van der Waals surface area (Å²) in [6.07, 6.45) is -1.01.